The zero-order valence-electron chi connectivity index (χ0n) is 12.8. The highest BCUT2D eigenvalue weighted by Crippen LogP contribution is 2.34. The van der Waals surface area contributed by atoms with Crippen molar-refractivity contribution in [3.8, 4) is 0 Å². The lowest BCUT2D eigenvalue weighted by Gasteiger charge is -2.13. The Morgan fingerprint density at radius 2 is 2.00 bits per heavy atom. The number of thioether (sulfide) groups is 1. The van der Waals surface area contributed by atoms with E-state index in [1.54, 1.807) is 0 Å². The molecule has 2 rings (SSSR count). The quantitative estimate of drug-likeness (QED) is 0.799. The highest BCUT2D eigenvalue weighted by molar-refractivity contribution is 8.00. The summed E-state index contributed by atoms with van der Waals surface area (Å²) in [5, 5.41) is 3.76. The molecule has 1 amide bonds. The summed E-state index contributed by atoms with van der Waals surface area (Å²) in [6.45, 7) is 2.60. The molecule has 0 spiro atoms. The van der Waals surface area contributed by atoms with E-state index < -0.39 is 0 Å². The fourth-order valence-electron chi connectivity index (χ4n) is 2.64. The van der Waals surface area contributed by atoms with E-state index in [9.17, 15) is 4.79 Å². The van der Waals surface area contributed by atoms with E-state index in [0.717, 1.165) is 23.8 Å². The maximum atomic E-state index is 12.0. The topological polar surface area (TPSA) is 55.1 Å². The van der Waals surface area contributed by atoms with Crippen LogP contribution in [0.15, 0.2) is 29.2 Å². The monoisotopic (exact) mass is 306 g/mol. The molecule has 21 heavy (non-hydrogen) atoms. The van der Waals surface area contributed by atoms with E-state index in [1.807, 2.05) is 30.8 Å². The number of benzene rings is 1. The number of nitrogens with two attached hydrogens (primary N) is 1. The summed E-state index contributed by atoms with van der Waals surface area (Å²) in [5.41, 5.74) is 6.36. The van der Waals surface area contributed by atoms with Crippen LogP contribution in [0.5, 0.6) is 0 Å². The normalized spacial score (nSPS) is 16.9. The Bertz CT molecular complexity index is 441. The van der Waals surface area contributed by atoms with E-state index in [1.165, 1.54) is 30.6 Å². The Labute approximate surface area is 132 Å². The fourth-order valence-corrected chi connectivity index (χ4v) is 3.88. The van der Waals surface area contributed by atoms with Crippen molar-refractivity contribution in [3.05, 3.63) is 24.3 Å². The third-order valence-electron chi connectivity index (χ3n) is 4.02. The number of amides is 1. The molecular weight excluding hydrogens is 280 g/mol. The number of hydrogen-bond acceptors (Lipinski definition) is 3. The number of carbonyl (C=O) groups excluding carboxylic acids is 1. The first-order valence-electron chi connectivity index (χ1n) is 7.96. The maximum Gasteiger partial charge on any atom is 0.227 e. The Morgan fingerprint density at radius 3 is 2.62 bits per heavy atom. The minimum atomic E-state index is 0.0149. The van der Waals surface area contributed by atoms with Crippen LogP contribution in [0, 0.1) is 5.92 Å². The predicted molar refractivity (Wildman–Crippen MR) is 90.6 cm³/mol. The SMILES string of the molecule is CC(CCCN)C(=O)Nc1ccc(SC2CCCC2)cc1. The van der Waals surface area contributed by atoms with Crippen molar-refractivity contribution in [2.45, 2.75) is 55.6 Å². The average molecular weight is 306 g/mol. The highest BCUT2D eigenvalue weighted by atomic mass is 32.2. The summed E-state index contributed by atoms with van der Waals surface area (Å²) in [4.78, 5) is 13.3. The predicted octanol–water partition coefficient (Wildman–Crippen LogP) is 4.03. The van der Waals surface area contributed by atoms with Crippen molar-refractivity contribution >= 4 is 23.4 Å². The molecule has 3 N–H and O–H groups in total. The maximum absolute atomic E-state index is 12.0. The molecule has 1 aromatic rings. The van der Waals surface area contributed by atoms with E-state index in [4.69, 9.17) is 5.73 Å². The number of carbonyl (C=O) groups is 1. The molecule has 1 unspecified atom stereocenters. The van der Waals surface area contributed by atoms with E-state index >= 15 is 0 Å². The van der Waals surface area contributed by atoms with Gasteiger partial charge in [0.15, 0.2) is 0 Å². The molecule has 1 fully saturated rings. The molecule has 1 atom stereocenters. The van der Waals surface area contributed by atoms with Gasteiger partial charge in [0.2, 0.25) is 5.91 Å². The van der Waals surface area contributed by atoms with Crippen LogP contribution in [0.3, 0.4) is 0 Å². The summed E-state index contributed by atoms with van der Waals surface area (Å²) in [7, 11) is 0. The van der Waals surface area contributed by atoms with Crippen LogP contribution >= 0.6 is 11.8 Å². The molecule has 0 bridgehead atoms. The van der Waals surface area contributed by atoms with Gasteiger partial charge in [0, 0.05) is 21.8 Å². The van der Waals surface area contributed by atoms with Crippen molar-refractivity contribution in [3.63, 3.8) is 0 Å². The first kappa shape index (κ1) is 16.4. The lowest BCUT2D eigenvalue weighted by atomic mass is 10.0. The number of nitrogens with one attached hydrogen (secondary N) is 1. The first-order chi connectivity index (χ1) is 10.2. The van der Waals surface area contributed by atoms with Crippen LogP contribution in [-0.2, 0) is 4.79 Å². The first-order valence-corrected chi connectivity index (χ1v) is 8.84. The molecule has 1 aliphatic carbocycles. The molecular formula is C17H26N2OS. The minimum Gasteiger partial charge on any atom is -0.330 e. The molecule has 0 aliphatic heterocycles. The largest absolute Gasteiger partial charge is 0.330 e. The van der Waals surface area contributed by atoms with Gasteiger partial charge in [0.05, 0.1) is 0 Å². The van der Waals surface area contributed by atoms with Gasteiger partial charge in [-0.25, -0.2) is 0 Å². The van der Waals surface area contributed by atoms with Crippen LogP contribution in [-0.4, -0.2) is 17.7 Å². The summed E-state index contributed by atoms with van der Waals surface area (Å²) in [6, 6.07) is 8.24. The van der Waals surface area contributed by atoms with Gasteiger partial charge in [-0.3, -0.25) is 4.79 Å². The van der Waals surface area contributed by atoms with Gasteiger partial charge in [-0.05, 0) is 56.5 Å². The third-order valence-corrected chi connectivity index (χ3v) is 5.36. The zero-order chi connectivity index (χ0) is 15.1. The van der Waals surface area contributed by atoms with Crippen LogP contribution in [0.1, 0.15) is 45.4 Å². The lowest BCUT2D eigenvalue weighted by Crippen LogP contribution is -2.21. The average Bonchev–Trinajstić information content (AvgIpc) is 2.99. The van der Waals surface area contributed by atoms with E-state index in [2.05, 4.69) is 17.4 Å². The molecule has 1 aliphatic rings. The van der Waals surface area contributed by atoms with Crippen molar-refractivity contribution in [1.29, 1.82) is 0 Å². The van der Waals surface area contributed by atoms with E-state index in [0.29, 0.717) is 6.54 Å². The highest BCUT2D eigenvalue weighted by Gasteiger charge is 2.16. The molecule has 4 heteroatoms. The van der Waals surface area contributed by atoms with Crippen LogP contribution in [0.4, 0.5) is 5.69 Å². The van der Waals surface area contributed by atoms with Crippen LogP contribution in [0.2, 0.25) is 0 Å². The number of rotatable bonds is 7. The van der Waals surface area contributed by atoms with Gasteiger partial charge in [-0.15, -0.1) is 11.8 Å². The molecule has 0 aromatic heterocycles. The molecule has 0 radical (unpaired) electrons. The lowest BCUT2D eigenvalue weighted by molar-refractivity contribution is -0.119. The number of hydrogen-bond donors (Lipinski definition) is 2. The van der Waals surface area contributed by atoms with Gasteiger partial charge in [-0.1, -0.05) is 19.8 Å². The van der Waals surface area contributed by atoms with Gasteiger partial charge in [0.1, 0.15) is 0 Å². The molecule has 116 valence electrons. The standard InChI is InChI=1S/C17H26N2OS/c1-13(5-4-12-18)17(20)19-14-8-10-16(11-9-14)21-15-6-2-3-7-15/h8-11,13,15H,2-7,12,18H2,1H3,(H,19,20). The minimum absolute atomic E-state index is 0.0149. The molecule has 0 heterocycles. The summed E-state index contributed by atoms with van der Waals surface area (Å²) in [5.74, 6) is 0.0979. The fraction of sp³-hybridized carbons (Fsp3) is 0.588. The Morgan fingerprint density at radius 1 is 1.33 bits per heavy atom. The van der Waals surface area contributed by atoms with Gasteiger partial charge < -0.3 is 11.1 Å². The third kappa shape index (κ3) is 5.36. The summed E-state index contributed by atoms with van der Waals surface area (Å²) >= 11 is 1.97. The second-order valence-corrected chi connectivity index (χ2v) is 7.24. The Hall–Kier alpha value is -1.00. The molecule has 0 saturated heterocycles. The van der Waals surface area contributed by atoms with Gasteiger partial charge in [0.25, 0.3) is 0 Å². The van der Waals surface area contributed by atoms with E-state index in [-0.39, 0.29) is 11.8 Å². The van der Waals surface area contributed by atoms with Crippen LogP contribution < -0.4 is 11.1 Å². The molecule has 1 aromatic carbocycles. The second-order valence-electron chi connectivity index (χ2n) is 5.87. The van der Waals surface area contributed by atoms with Crippen molar-refractivity contribution in [2.24, 2.45) is 11.7 Å². The van der Waals surface area contributed by atoms with Gasteiger partial charge in [-0.2, -0.15) is 0 Å². The zero-order valence-corrected chi connectivity index (χ0v) is 13.6. The Kier molecular flexibility index (Phi) is 6.58. The van der Waals surface area contributed by atoms with Crippen molar-refractivity contribution < 1.29 is 4.79 Å². The second kappa shape index (κ2) is 8.44. The Balaban J connectivity index is 1.82. The smallest absolute Gasteiger partial charge is 0.227 e. The van der Waals surface area contributed by atoms with Crippen molar-refractivity contribution in [1.82, 2.24) is 0 Å². The van der Waals surface area contributed by atoms with Gasteiger partial charge >= 0.3 is 0 Å². The molecule has 1 saturated carbocycles. The molecule has 3 nitrogen and oxygen atoms in total. The number of anilines is 1. The summed E-state index contributed by atoms with van der Waals surface area (Å²) in [6.07, 6.45) is 7.14. The van der Waals surface area contributed by atoms with Crippen molar-refractivity contribution in [2.75, 3.05) is 11.9 Å². The summed E-state index contributed by atoms with van der Waals surface area (Å²) < 4.78 is 0. The van der Waals surface area contributed by atoms with Crippen LogP contribution in [0.25, 0.3) is 0 Å².